The fourth-order valence-corrected chi connectivity index (χ4v) is 4.18. The van der Waals surface area contributed by atoms with Gasteiger partial charge in [-0.2, -0.15) is 0 Å². The van der Waals surface area contributed by atoms with Gasteiger partial charge < -0.3 is 19.5 Å². The fraction of sp³-hybridized carbons (Fsp3) is 0.333. The minimum Gasteiger partial charge on any atom is -0.507 e. The van der Waals surface area contributed by atoms with Crippen molar-refractivity contribution < 1.29 is 14.6 Å². The molecule has 4 rings (SSSR count). The molecule has 3 aromatic carbocycles. The molecular weight excluding hydrogens is 364 g/mol. The molecule has 1 fully saturated rings. The number of aromatic hydroxyl groups is 1. The van der Waals surface area contributed by atoms with Crippen molar-refractivity contribution in [2.75, 3.05) is 47.4 Å². The van der Waals surface area contributed by atoms with Gasteiger partial charge in [0.1, 0.15) is 17.2 Å². The van der Waals surface area contributed by atoms with Crippen LogP contribution in [0.25, 0.3) is 10.8 Å². The molecular formula is C24H28N2O3. The monoisotopic (exact) mass is 392 g/mol. The maximum absolute atomic E-state index is 11.3. The van der Waals surface area contributed by atoms with Crippen LogP contribution >= 0.6 is 0 Å². The number of fused-ring (bicyclic) bond motifs is 1. The van der Waals surface area contributed by atoms with Gasteiger partial charge in [-0.15, -0.1) is 0 Å². The Hall–Kier alpha value is -2.76. The summed E-state index contributed by atoms with van der Waals surface area (Å²) >= 11 is 0. The van der Waals surface area contributed by atoms with Crippen LogP contribution in [0, 0.1) is 0 Å². The SMILES string of the molecule is COc1ccc(C(c2ccc3c(OC)cccc3c2O)N2CCN(C)CC2)cc1. The zero-order chi connectivity index (χ0) is 20.4. The molecule has 1 N–H and O–H groups in total. The van der Waals surface area contributed by atoms with Crippen LogP contribution in [0.5, 0.6) is 17.2 Å². The van der Waals surface area contributed by atoms with Gasteiger partial charge in [-0.3, -0.25) is 4.90 Å². The van der Waals surface area contributed by atoms with E-state index in [1.54, 1.807) is 14.2 Å². The first-order valence-electron chi connectivity index (χ1n) is 9.97. The molecule has 1 saturated heterocycles. The number of rotatable bonds is 5. The molecule has 5 heteroatoms. The number of methoxy groups -OCH3 is 2. The molecule has 0 radical (unpaired) electrons. The van der Waals surface area contributed by atoms with Crippen molar-refractivity contribution in [3.8, 4) is 17.2 Å². The lowest BCUT2D eigenvalue weighted by Crippen LogP contribution is -2.46. The van der Waals surface area contributed by atoms with E-state index in [1.165, 1.54) is 0 Å². The van der Waals surface area contributed by atoms with Crippen molar-refractivity contribution in [1.29, 1.82) is 0 Å². The first kappa shape index (κ1) is 19.6. The molecule has 5 nitrogen and oxygen atoms in total. The zero-order valence-corrected chi connectivity index (χ0v) is 17.3. The third kappa shape index (κ3) is 3.76. The molecule has 0 aromatic heterocycles. The summed E-state index contributed by atoms with van der Waals surface area (Å²) in [6.45, 7) is 3.91. The van der Waals surface area contributed by atoms with Crippen molar-refractivity contribution in [3.63, 3.8) is 0 Å². The molecule has 1 aliphatic rings. The number of benzene rings is 3. The van der Waals surface area contributed by atoms with Crippen molar-refractivity contribution in [2.45, 2.75) is 6.04 Å². The van der Waals surface area contributed by atoms with Crippen LogP contribution in [0.15, 0.2) is 54.6 Å². The molecule has 29 heavy (non-hydrogen) atoms. The number of phenols is 1. The quantitative estimate of drug-likeness (QED) is 0.714. The smallest absolute Gasteiger partial charge is 0.128 e. The Morgan fingerprint density at radius 1 is 0.828 bits per heavy atom. The summed E-state index contributed by atoms with van der Waals surface area (Å²) in [6, 6.07) is 18.0. The van der Waals surface area contributed by atoms with Gasteiger partial charge in [0.05, 0.1) is 20.3 Å². The third-order valence-corrected chi connectivity index (χ3v) is 5.87. The van der Waals surface area contributed by atoms with Gasteiger partial charge >= 0.3 is 0 Å². The Kier molecular flexibility index (Phi) is 5.60. The molecule has 1 unspecified atom stereocenters. The van der Waals surface area contributed by atoms with Crippen molar-refractivity contribution >= 4 is 10.8 Å². The van der Waals surface area contributed by atoms with Crippen molar-refractivity contribution in [1.82, 2.24) is 9.80 Å². The van der Waals surface area contributed by atoms with E-state index in [2.05, 4.69) is 35.0 Å². The summed E-state index contributed by atoms with van der Waals surface area (Å²) in [5, 5.41) is 13.0. The number of phenolic OH excluding ortho intramolecular Hbond substituents is 1. The predicted molar refractivity (Wildman–Crippen MR) is 116 cm³/mol. The van der Waals surface area contributed by atoms with Gasteiger partial charge in [0.25, 0.3) is 0 Å². The van der Waals surface area contributed by atoms with E-state index in [0.29, 0.717) is 5.75 Å². The zero-order valence-electron chi connectivity index (χ0n) is 17.3. The highest BCUT2D eigenvalue weighted by molar-refractivity contribution is 5.94. The predicted octanol–water partition coefficient (Wildman–Crippen LogP) is 3.90. The topological polar surface area (TPSA) is 45.2 Å². The lowest BCUT2D eigenvalue weighted by Gasteiger charge is -2.38. The number of ether oxygens (including phenoxy) is 2. The number of nitrogens with zero attached hydrogens (tertiary/aromatic N) is 2. The summed E-state index contributed by atoms with van der Waals surface area (Å²) in [4.78, 5) is 4.79. The first-order valence-corrected chi connectivity index (χ1v) is 9.97. The number of hydrogen-bond donors (Lipinski definition) is 1. The van der Waals surface area contributed by atoms with Gasteiger partial charge in [-0.05, 0) is 30.8 Å². The van der Waals surface area contributed by atoms with E-state index >= 15 is 0 Å². The average Bonchev–Trinajstić information content (AvgIpc) is 2.77. The average molecular weight is 392 g/mol. The van der Waals surface area contributed by atoms with Crippen LogP contribution in [-0.2, 0) is 0 Å². The molecule has 1 atom stereocenters. The molecule has 152 valence electrons. The Balaban J connectivity index is 1.83. The largest absolute Gasteiger partial charge is 0.507 e. The third-order valence-electron chi connectivity index (χ3n) is 5.87. The highest BCUT2D eigenvalue weighted by Gasteiger charge is 2.28. The summed E-state index contributed by atoms with van der Waals surface area (Å²) in [5.74, 6) is 1.92. The van der Waals surface area contributed by atoms with E-state index in [-0.39, 0.29) is 6.04 Å². The molecule has 3 aromatic rings. The second-order valence-corrected chi connectivity index (χ2v) is 7.57. The highest BCUT2D eigenvalue weighted by atomic mass is 16.5. The molecule has 1 aliphatic heterocycles. The molecule has 0 saturated carbocycles. The highest BCUT2D eigenvalue weighted by Crippen LogP contribution is 2.41. The normalized spacial score (nSPS) is 16.7. The number of hydrogen-bond acceptors (Lipinski definition) is 5. The van der Waals surface area contributed by atoms with Crippen LogP contribution in [0.1, 0.15) is 17.2 Å². The van der Waals surface area contributed by atoms with Crippen LogP contribution in [0.4, 0.5) is 0 Å². The van der Waals surface area contributed by atoms with E-state index in [9.17, 15) is 5.11 Å². The van der Waals surface area contributed by atoms with E-state index in [4.69, 9.17) is 9.47 Å². The minimum atomic E-state index is -0.0230. The second kappa shape index (κ2) is 8.31. The Morgan fingerprint density at radius 3 is 2.21 bits per heavy atom. The van der Waals surface area contributed by atoms with Gasteiger partial charge in [0.2, 0.25) is 0 Å². The van der Waals surface area contributed by atoms with Gasteiger partial charge in [-0.1, -0.05) is 36.4 Å². The molecule has 1 heterocycles. The molecule has 0 aliphatic carbocycles. The number of piperazine rings is 1. The van der Waals surface area contributed by atoms with Crippen LogP contribution < -0.4 is 9.47 Å². The lowest BCUT2D eigenvalue weighted by molar-refractivity contribution is 0.126. The van der Waals surface area contributed by atoms with E-state index in [1.807, 2.05) is 36.4 Å². The second-order valence-electron chi connectivity index (χ2n) is 7.57. The van der Waals surface area contributed by atoms with E-state index < -0.39 is 0 Å². The molecule has 0 amide bonds. The van der Waals surface area contributed by atoms with Crippen LogP contribution in [-0.4, -0.2) is 62.4 Å². The standard InChI is InChI=1S/C24H28N2O3/c1-25-13-15-26(16-14-25)23(17-7-9-18(28-2)10-8-17)21-12-11-19-20(24(21)27)5-4-6-22(19)29-3/h4-12,23,27H,13-16H2,1-3H3. The summed E-state index contributed by atoms with van der Waals surface area (Å²) in [5.41, 5.74) is 2.06. The van der Waals surface area contributed by atoms with Gasteiger partial charge in [0.15, 0.2) is 0 Å². The molecule has 0 spiro atoms. The van der Waals surface area contributed by atoms with Crippen molar-refractivity contribution in [2.24, 2.45) is 0 Å². The van der Waals surface area contributed by atoms with Gasteiger partial charge in [-0.25, -0.2) is 0 Å². The number of likely N-dealkylation sites (N-methyl/N-ethyl adjacent to an activating group) is 1. The maximum Gasteiger partial charge on any atom is 0.128 e. The Bertz CT molecular complexity index is 979. The molecule has 0 bridgehead atoms. The Morgan fingerprint density at radius 2 is 1.55 bits per heavy atom. The Labute approximate surface area is 172 Å². The minimum absolute atomic E-state index is 0.0230. The maximum atomic E-state index is 11.3. The summed E-state index contributed by atoms with van der Waals surface area (Å²) < 4.78 is 10.8. The summed E-state index contributed by atoms with van der Waals surface area (Å²) in [6.07, 6.45) is 0. The van der Waals surface area contributed by atoms with Crippen LogP contribution in [0.2, 0.25) is 0 Å². The fourth-order valence-electron chi connectivity index (χ4n) is 4.18. The summed E-state index contributed by atoms with van der Waals surface area (Å²) in [7, 11) is 5.49. The lowest BCUT2D eigenvalue weighted by atomic mass is 9.93. The van der Waals surface area contributed by atoms with Gasteiger partial charge in [0, 0.05) is 42.5 Å². The first-order chi connectivity index (χ1) is 14.1. The van der Waals surface area contributed by atoms with Crippen LogP contribution in [0.3, 0.4) is 0 Å². The van der Waals surface area contributed by atoms with E-state index in [0.717, 1.165) is 59.6 Å². The van der Waals surface area contributed by atoms with Crippen molar-refractivity contribution in [3.05, 3.63) is 65.7 Å².